The Hall–Kier alpha value is -2.83. The van der Waals surface area contributed by atoms with E-state index in [0.717, 1.165) is 42.7 Å². The number of rotatable bonds is 5. The Balaban J connectivity index is 1.66. The molecule has 7 nitrogen and oxygen atoms in total. The van der Waals surface area contributed by atoms with Gasteiger partial charge in [-0.15, -0.1) is 0 Å². The molecule has 0 saturated heterocycles. The van der Waals surface area contributed by atoms with E-state index < -0.39 is 5.54 Å². The van der Waals surface area contributed by atoms with Crippen molar-refractivity contribution in [3.05, 3.63) is 47.3 Å². The fraction of sp³-hybridized carbons (Fsp3) is 0.607. The molecule has 2 amide bonds. The summed E-state index contributed by atoms with van der Waals surface area (Å²) in [6.07, 6.45) is 7.98. The maximum Gasteiger partial charge on any atom is 0.273 e. The predicted molar refractivity (Wildman–Crippen MR) is 136 cm³/mol. The van der Waals surface area contributed by atoms with E-state index in [-0.39, 0.29) is 23.3 Å². The summed E-state index contributed by atoms with van der Waals surface area (Å²) in [6, 6.07) is 9.71. The minimum atomic E-state index is -1.05. The van der Waals surface area contributed by atoms with Gasteiger partial charge in [0.25, 0.3) is 5.91 Å². The van der Waals surface area contributed by atoms with Crippen molar-refractivity contribution >= 4 is 11.8 Å². The lowest BCUT2D eigenvalue weighted by molar-refractivity contribution is -0.134. The molecule has 1 aliphatic carbocycles. The van der Waals surface area contributed by atoms with Crippen molar-refractivity contribution in [3.8, 4) is 5.75 Å². The molecule has 1 N–H and O–H groups in total. The second-order valence-electron chi connectivity index (χ2n) is 11.4. The first kappa shape index (κ1) is 25.3. The molecule has 0 radical (unpaired) electrons. The van der Waals surface area contributed by atoms with Crippen LogP contribution in [0.25, 0.3) is 0 Å². The first-order valence-corrected chi connectivity index (χ1v) is 13.0. The van der Waals surface area contributed by atoms with Crippen LogP contribution in [0.3, 0.4) is 0 Å². The molecule has 0 spiro atoms. The average Bonchev–Trinajstić information content (AvgIpc) is 3.23. The highest BCUT2D eigenvalue weighted by Crippen LogP contribution is 2.32. The molecule has 1 atom stereocenters. The number of fused-ring (bicyclic) bond motifs is 1. The number of ether oxygens (including phenoxy) is 1. The van der Waals surface area contributed by atoms with Crippen LogP contribution < -0.4 is 10.1 Å². The van der Waals surface area contributed by atoms with E-state index in [4.69, 9.17) is 9.84 Å². The Morgan fingerprint density at radius 1 is 1.11 bits per heavy atom. The highest BCUT2D eigenvalue weighted by molar-refractivity contribution is 5.99. The molecule has 0 bridgehead atoms. The molecule has 4 rings (SSSR count). The van der Waals surface area contributed by atoms with Gasteiger partial charge in [-0.2, -0.15) is 5.10 Å². The van der Waals surface area contributed by atoms with Gasteiger partial charge in [-0.25, -0.2) is 0 Å². The molecule has 190 valence electrons. The summed E-state index contributed by atoms with van der Waals surface area (Å²) in [5.74, 6) is 0.505. The Morgan fingerprint density at radius 2 is 1.74 bits per heavy atom. The third-order valence-corrected chi connectivity index (χ3v) is 7.50. The molecule has 1 aromatic carbocycles. The summed E-state index contributed by atoms with van der Waals surface area (Å²) in [6.45, 7) is 8.81. The molecule has 1 fully saturated rings. The summed E-state index contributed by atoms with van der Waals surface area (Å²) >= 11 is 0. The SMILES string of the molecule is COc1ccc(CN2C(=O)c3cc(C(C)(C)C)nn3CC2(C)C(=O)NC2CCCCCCC2)cc1. The van der Waals surface area contributed by atoms with Crippen LogP contribution in [0.5, 0.6) is 5.75 Å². The van der Waals surface area contributed by atoms with Gasteiger partial charge < -0.3 is 15.0 Å². The van der Waals surface area contributed by atoms with Crippen molar-refractivity contribution in [2.75, 3.05) is 7.11 Å². The predicted octanol–water partition coefficient (Wildman–Crippen LogP) is 4.83. The van der Waals surface area contributed by atoms with Crippen molar-refractivity contribution in [1.29, 1.82) is 0 Å². The van der Waals surface area contributed by atoms with E-state index in [0.29, 0.717) is 18.8 Å². The third kappa shape index (κ3) is 5.39. The highest BCUT2D eigenvalue weighted by Gasteiger charge is 2.48. The number of hydrogen-bond acceptors (Lipinski definition) is 4. The van der Waals surface area contributed by atoms with Crippen molar-refractivity contribution in [3.63, 3.8) is 0 Å². The monoisotopic (exact) mass is 480 g/mol. The summed E-state index contributed by atoms with van der Waals surface area (Å²) in [5.41, 5.74) is 1.11. The quantitative estimate of drug-likeness (QED) is 0.665. The summed E-state index contributed by atoms with van der Waals surface area (Å²) in [4.78, 5) is 29.5. The molecule has 1 unspecified atom stereocenters. The molecule has 35 heavy (non-hydrogen) atoms. The number of aromatic nitrogens is 2. The largest absolute Gasteiger partial charge is 0.497 e. The number of hydrogen-bond donors (Lipinski definition) is 1. The molecular weight excluding hydrogens is 440 g/mol. The van der Waals surface area contributed by atoms with Gasteiger partial charge in [0.1, 0.15) is 17.0 Å². The molecule has 1 aromatic heterocycles. The number of nitrogens with one attached hydrogen (secondary N) is 1. The van der Waals surface area contributed by atoms with E-state index in [1.165, 1.54) is 19.3 Å². The molecule has 1 aliphatic heterocycles. The van der Waals surface area contributed by atoms with E-state index in [9.17, 15) is 9.59 Å². The number of methoxy groups -OCH3 is 1. The minimum absolute atomic E-state index is 0.0941. The van der Waals surface area contributed by atoms with Gasteiger partial charge >= 0.3 is 0 Å². The molecule has 7 heteroatoms. The van der Waals surface area contributed by atoms with Gasteiger partial charge in [0.15, 0.2) is 0 Å². The van der Waals surface area contributed by atoms with Crippen molar-refractivity contribution in [2.24, 2.45) is 0 Å². The Morgan fingerprint density at radius 3 is 2.34 bits per heavy atom. The maximum absolute atomic E-state index is 13.9. The van der Waals surface area contributed by atoms with Gasteiger partial charge in [0.05, 0.1) is 19.3 Å². The summed E-state index contributed by atoms with van der Waals surface area (Å²) < 4.78 is 7.03. The smallest absolute Gasteiger partial charge is 0.273 e. The maximum atomic E-state index is 13.9. The Labute approximate surface area is 209 Å². The topological polar surface area (TPSA) is 76.5 Å². The van der Waals surface area contributed by atoms with Crippen molar-refractivity contribution in [1.82, 2.24) is 20.0 Å². The molecular formula is C28H40N4O3. The number of carbonyl (C=O) groups excluding carboxylic acids is 2. The van der Waals surface area contributed by atoms with E-state index in [1.807, 2.05) is 37.3 Å². The summed E-state index contributed by atoms with van der Waals surface area (Å²) in [7, 11) is 1.63. The zero-order chi connectivity index (χ0) is 25.2. The first-order chi connectivity index (χ1) is 16.6. The van der Waals surface area contributed by atoms with Crippen molar-refractivity contribution < 1.29 is 14.3 Å². The van der Waals surface area contributed by atoms with Gasteiger partial charge in [-0.3, -0.25) is 14.3 Å². The Bertz CT molecular complexity index is 1050. The second kappa shape index (κ2) is 10.0. The fourth-order valence-electron chi connectivity index (χ4n) is 5.11. The average molecular weight is 481 g/mol. The van der Waals surface area contributed by atoms with Crippen LogP contribution in [0.2, 0.25) is 0 Å². The lowest BCUT2D eigenvalue weighted by Crippen LogP contribution is -2.64. The number of benzene rings is 1. The van der Waals surface area contributed by atoms with Gasteiger partial charge in [-0.1, -0.05) is 65.0 Å². The Kier molecular flexibility index (Phi) is 7.25. The van der Waals surface area contributed by atoms with Crippen LogP contribution >= 0.6 is 0 Å². The number of carbonyl (C=O) groups is 2. The number of amides is 2. The first-order valence-electron chi connectivity index (χ1n) is 13.0. The molecule has 2 aromatic rings. The molecule has 2 heterocycles. The van der Waals surface area contributed by atoms with Crippen LogP contribution in [0.1, 0.15) is 94.4 Å². The molecule has 1 saturated carbocycles. The van der Waals surface area contributed by atoms with Crippen LogP contribution in [0.15, 0.2) is 30.3 Å². The van der Waals surface area contributed by atoms with E-state index in [2.05, 4.69) is 26.1 Å². The normalized spacial score (nSPS) is 21.7. The molecule has 2 aliphatic rings. The van der Waals surface area contributed by atoms with E-state index >= 15 is 0 Å². The highest BCUT2D eigenvalue weighted by atomic mass is 16.5. The van der Waals surface area contributed by atoms with Gasteiger partial charge in [0, 0.05) is 18.0 Å². The van der Waals surface area contributed by atoms with Crippen LogP contribution in [0, 0.1) is 0 Å². The zero-order valence-electron chi connectivity index (χ0n) is 21.9. The zero-order valence-corrected chi connectivity index (χ0v) is 21.9. The lowest BCUT2D eigenvalue weighted by Gasteiger charge is -2.44. The van der Waals surface area contributed by atoms with Crippen LogP contribution in [-0.4, -0.2) is 45.2 Å². The fourth-order valence-corrected chi connectivity index (χ4v) is 5.11. The lowest BCUT2D eigenvalue weighted by atomic mass is 9.91. The van der Waals surface area contributed by atoms with Gasteiger partial charge in [-0.05, 0) is 43.5 Å². The van der Waals surface area contributed by atoms with E-state index in [1.54, 1.807) is 16.7 Å². The van der Waals surface area contributed by atoms with Crippen LogP contribution in [0.4, 0.5) is 0 Å². The third-order valence-electron chi connectivity index (χ3n) is 7.50. The van der Waals surface area contributed by atoms with Gasteiger partial charge in [0.2, 0.25) is 5.91 Å². The number of nitrogens with zero attached hydrogens (tertiary/aromatic N) is 3. The second-order valence-corrected chi connectivity index (χ2v) is 11.4. The standard InChI is InChI=1S/C28H40N4O3/c1-27(2,3)24-17-23-25(33)31(18-20-13-15-22(35-5)16-14-20)28(4,19-32(23)30-24)26(34)29-21-11-9-7-6-8-10-12-21/h13-17,21H,6-12,18-19H2,1-5H3,(H,29,34). The van der Waals surface area contributed by atoms with Crippen molar-refractivity contribution in [2.45, 2.75) is 103 Å². The summed E-state index contributed by atoms with van der Waals surface area (Å²) in [5, 5.41) is 8.09. The van der Waals surface area contributed by atoms with Crippen LogP contribution in [-0.2, 0) is 23.3 Å². The minimum Gasteiger partial charge on any atom is -0.497 e.